The molecule has 1 amide bonds. The van der Waals surface area contributed by atoms with Crippen LogP contribution in [-0.4, -0.2) is 67.9 Å². The second-order valence-electron chi connectivity index (χ2n) is 6.49. The fraction of sp³-hybridized carbons (Fsp3) is 0.667. The minimum Gasteiger partial charge on any atom is -0.477 e. The lowest BCUT2D eigenvalue weighted by Crippen LogP contribution is -2.63. The predicted molar refractivity (Wildman–Crippen MR) is 90.9 cm³/mol. The SMILES string of the molecule is C[C@@H](O)[C@H]1C(=O)N2C(C(=O)O)=C(S[C@@H]3CC(=S)N(C)C3)[C@H](C)[C@H]12. The Morgan fingerprint density at radius 2 is 2.13 bits per heavy atom. The van der Waals surface area contributed by atoms with Gasteiger partial charge in [-0.05, 0) is 6.92 Å². The number of aliphatic hydroxyl groups excluding tert-OH is 1. The van der Waals surface area contributed by atoms with Gasteiger partial charge in [-0.15, -0.1) is 11.8 Å². The van der Waals surface area contributed by atoms with Crippen LogP contribution in [0, 0.1) is 11.8 Å². The lowest BCUT2D eigenvalue weighted by atomic mass is 9.79. The summed E-state index contributed by atoms with van der Waals surface area (Å²) in [5.41, 5.74) is 0.0925. The first-order chi connectivity index (χ1) is 10.7. The van der Waals surface area contributed by atoms with Crippen molar-refractivity contribution in [2.24, 2.45) is 11.8 Å². The van der Waals surface area contributed by atoms with Gasteiger partial charge in [0.25, 0.3) is 0 Å². The van der Waals surface area contributed by atoms with Crippen LogP contribution in [0.25, 0.3) is 0 Å². The Balaban J connectivity index is 1.88. The largest absolute Gasteiger partial charge is 0.477 e. The van der Waals surface area contributed by atoms with Gasteiger partial charge in [0.05, 0.1) is 23.1 Å². The molecule has 0 aromatic carbocycles. The number of fused-ring (bicyclic) bond motifs is 1. The molecule has 0 radical (unpaired) electrons. The van der Waals surface area contributed by atoms with E-state index in [2.05, 4.69) is 0 Å². The summed E-state index contributed by atoms with van der Waals surface area (Å²) in [6.07, 6.45) is -0.0197. The molecule has 3 heterocycles. The zero-order chi connectivity index (χ0) is 17.0. The summed E-state index contributed by atoms with van der Waals surface area (Å²) in [7, 11) is 1.94. The van der Waals surface area contributed by atoms with Gasteiger partial charge in [-0.2, -0.15) is 0 Å². The first-order valence-corrected chi connectivity index (χ1v) is 8.92. The number of carboxylic acids is 1. The third-order valence-corrected chi connectivity index (χ3v) is 6.86. The molecule has 0 bridgehead atoms. The van der Waals surface area contributed by atoms with Crippen LogP contribution in [0.2, 0.25) is 0 Å². The van der Waals surface area contributed by atoms with Crippen molar-refractivity contribution in [3.63, 3.8) is 0 Å². The van der Waals surface area contributed by atoms with Crippen LogP contribution in [0.5, 0.6) is 0 Å². The van der Waals surface area contributed by atoms with Crippen molar-refractivity contribution in [1.82, 2.24) is 9.80 Å². The Bertz CT molecular complexity index is 619. The van der Waals surface area contributed by atoms with Crippen molar-refractivity contribution in [2.45, 2.75) is 37.7 Å². The number of rotatable bonds is 4. The molecular weight excluding hydrogens is 336 g/mol. The van der Waals surface area contributed by atoms with E-state index in [4.69, 9.17) is 12.2 Å². The highest BCUT2D eigenvalue weighted by Gasteiger charge is 2.60. The molecule has 23 heavy (non-hydrogen) atoms. The van der Waals surface area contributed by atoms with Crippen LogP contribution < -0.4 is 0 Å². The Labute approximate surface area is 144 Å². The highest BCUT2D eigenvalue weighted by Crippen LogP contribution is 2.51. The van der Waals surface area contributed by atoms with Crippen molar-refractivity contribution in [3.05, 3.63) is 10.6 Å². The molecule has 0 spiro atoms. The van der Waals surface area contributed by atoms with Crippen LogP contribution in [0.15, 0.2) is 10.6 Å². The zero-order valence-electron chi connectivity index (χ0n) is 13.2. The van der Waals surface area contributed by atoms with Crippen LogP contribution in [0.1, 0.15) is 20.3 Å². The molecule has 6 nitrogen and oxygen atoms in total. The van der Waals surface area contributed by atoms with Gasteiger partial charge in [0, 0.05) is 36.1 Å². The Hall–Kier alpha value is -1.12. The highest BCUT2D eigenvalue weighted by molar-refractivity contribution is 8.03. The van der Waals surface area contributed by atoms with Crippen LogP contribution in [0.4, 0.5) is 0 Å². The van der Waals surface area contributed by atoms with Gasteiger partial charge in [-0.3, -0.25) is 4.79 Å². The Morgan fingerprint density at radius 3 is 2.61 bits per heavy atom. The summed E-state index contributed by atoms with van der Waals surface area (Å²) in [5.74, 6) is -1.95. The number of hydrogen-bond donors (Lipinski definition) is 2. The number of nitrogens with zero attached hydrogens (tertiary/aromatic N) is 2. The van der Waals surface area contributed by atoms with Gasteiger partial charge in [-0.1, -0.05) is 19.1 Å². The number of carbonyl (C=O) groups is 2. The molecule has 2 fully saturated rings. The monoisotopic (exact) mass is 356 g/mol. The predicted octanol–water partition coefficient (Wildman–Crippen LogP) is 0.905. The molecule has 2 N–H and O–H groups in total. The third kappa shape index (κ3) is 2.47. The normalized spacial score (nSPS) is 34.8. The molecule has 2 saturated heterocycles. The van der Waals surface area contributed by atoms with E-state index in [9.17, 15) is 19.8 Å². The summed E-state index contributed by atoms with van der Waals surface area (Å²) in [6.45, 7) is 4.31. The summed E-state index contributed by atoms with van der Waals surface area (Å²) < 4.78 is 0. The van der Waals surface area contributed by atoms with Crippen molar-refractivity contribution in [2.75, 3.05) is 13.6 Å². The molecule has 3 rings (SSSR count). The van der Waals surface area contributed by atoms with Crippen molar-refractivity contribution < 1.29 is 19.8 Å². The number of aliphatic hydroxyl groups is 1. The smallest absolute Gasteiger partial charge is 0.353 e. The molecule has 0 aromatic rings. The highest BCUT2D eigenvalue weighted by atomic mass is 32.2. The Morgan fingerprint density at radius 1 is 1.48 bits per heavy atom. The molecule has 0 aromatic heterocycles. The van der Waals surface area contributed by atoms with Gasteiger partial charge < -0.3 is 20.0 Å². The number of likely N-dealkylation sites (tertiary alicyclic amines) is 1. The second kappa shape index (κ2) is 5.75. The minimum absolute atomic E-state index is 0.0807. The van der Waals surface area contributed by atoms with Gasteiger partial charge in [-0.25, -0.2) is 4.79 Å². The van der Waals surface area contributed by atoms with E-state index < -0.39 is 18.0 Å². The third-order valence-electron chi connectivity index (χ3n) is 4.91. The van der Waals surface area contributed by atoms with Gasteiger partial charge in [0.1, 0.15) is 5.70 Å². The molecule has 0 aliphatic carbocycles. The maximum Gasteiger partial charge on any atom is 0.353 e. The van der Waals surface area contributed by atoms with Gasteiger partial charge in [0.2, 0.25) is 5.91 Å². The quantitative estimate of drug-likeness (QED) is 0.572. The fourth-order valence-corrected chi connectivity index (χ4v) is 5.69. The summed E-state index contributed by atoms with van der Waals surface area (Å²) in [6, 6.07) is -0.248. The van der Waals surface area contributed by atoms with Gasteiger partial charge in [0.15, 0.2) is 0 Å². The number of aliphatic carboxylic acids is 1. The average molecular weight is 356 g/mol. The van der Waals surface area contributed by atoms with E-state index in [1.54, 1.807) is 6.92 Å². The Kier molecular flexibility index (Phi) is 4.18. The number of thioether (sulfide) groups is 1. The van der Waals surface area contributed by atoms with Crippen LogP contribution >= 0.6 is 24.0 Å². The first-order valence-electron chi connectivity index (χ1n) is 7.63. The van der Waals surface area contributed by atoms with E-state index >= 15 is 0 Å². The average Bonchev–Trinajstić information content (AvgIpc) is 2.87. The summed E-state index contributed by atoms with van der Waals surface area (Å²) in [4.78, 5) is 29.0. The van der Waals surface area contributed by atoms with Crippen molar-refractivity contribution in [1.29, 1.82) is 0 Å². The maximum atomic E-state index is 12.3. The number of thiocarbonyl (C=S) groups is 1. The minimum atomic E-state index is -1.08. The molecule has 3 aliphatic rings. The lowest BCUT2D eigenvalue weighted by molar-refractivity contribution is -0.163. The molecular formula is C15H20N2O4S2. The van der Waals surface area contributed by atoms with Crippen LogP contribution in [-0.2, 0) is 9.59 Å². The summed E-state index contributed by atoms with van der Waals surface area (Å²) >= 11 is 6.81. The number of carbonyl (C=O) groups excluding carboxylic acids is 1. The maximum absolute atomic E-state index is 12.3. The van der Waals surface area contributed by atoms with Gasteiger partial charge >= 0.3 is 5.97 Å². The van der Waals surface area contributed by atoms with E-state index in [0.29, 0.717) is 0 Å². The number of β-lactam (4-membered cyclic amide) rings is 1. The lowest BCUT2D eigenvalue weighted by Gasteiger charge is -2.46. The molecule has 8 heteroatoms. The second-order valence-corrected chi connectivity index (χ2v) is 8.30. The number of hydrogen-bond acceptors (Lipinski definition) is 5. The molecule has 5 atom stereocenters. The molecule has 0 saturated carbocycles. The van der Waals surface area contributed by atoms with E-state index in [-0.39, 0.29) is 28.8 Å². The first kappa shape index (κ1) is 16.7. The standard InChI is InChI=1S/C15H20N2O4S2/c1-6-11-10(7(2)18)14(19)17(11)12(15(20)21)13(6)23-8-4-9(22)16(3)5-8/h6-8,10-11,18H,4-5H2,1-3H3,(H,20,21)/t6-,7-,8-,10-,11-/m1/s1. The molecule has 0 unspecified atom stereocenters. The number of carboxylic acid groups (broad SMARTS) is 1. The van der Waals surface area contributed by atoms with E-state index in [0.717, 1.165) is 22.9 Å². The van der Waals surface area contributed by atoms with E-state index in [1.807, 2.05) is 18.9 Å². The number of amides is 1. The molecule has 126 valence electrons. The summed E-state index contributed by atoms with van der Waals surface area (Å²) in [5, 5.41) is 19.6. The van der Waals surface area contributed by atoms with E-state index in [1.165, 1.54) is 16.7 Å². The molecule has 3 aliphatic heterocycles. The van der Waals surface area contributed by atoms with Crippen molar-refractivity contribution >= 4 is 40.8 Å². The zero-order valence-corrected chi connectivity index (χ0v) is 14.9. The van der Waals surface area contributed by atoms with Crippen molar-refractivity contribution in [3.8, 4) is 0 Å². The topological polar surface area (TPSA) is 81.1 Å². The van der Waals surface area contributed by atoms with Crippen LogP contribution in [0.3, 0.4) is 0 Å². The fourth-order valence-electron chi connectivity index (χ4n) is 3.76.